The molecule has 0 unspecified atom stereocenters. The Morgan fingerprint density at radius 3 is 2.31 bits per heavy atom. The molecule has 2 aromatic rings. The highest BCUT2D eigenvalue weighted by molar-refractivity contribution is 7.99. The molecule has 0 aliphatic heterocycles. The first-order valence-electron chi connectivity index (χ1n) is 12.8. The normalized spacial score (nSPS) is 25.4. The number of carboxylic acid groups (broad SMARTS) is 1. The van der Waals surface area contributed by atoms with E-state index in [0.717, 1.165) is 61.4 Å². The van der Waals surface area contributed by atoms with E-state index in [1.807, 2.05) is 22.6 Å². The van der Waals surface area contributed by atoms with Crippen LogP contribution in [0.5, 0.6) is 0 Å². The summed E-state index contributed by atoms with van der Waals surface area (Å²) in [6.45, 7) is 8.54. The van der Waals surface area contributed by atoms with Gasteiger partial charge in [0.05, 0.1) is 5.69 Å². The maximum absolute atomic E-state index is 14.0. The van der Waals surface area contributed by atoms with Crippen molar-refractivity contribution in [3.05, 3.63) is 22.1 Å². The van der Waals surface area contributed by atoms with E-state index in [1.165, 1.54) is 11.3 Å². The molecule has 9 heteroatoms. The van der Waals surface area contributed by atoms with Gasteiger partial charge in [-0.1, -0.05) is 39.5 Å². The predicted molar refractivity (Wildman–Crippen MR) is 141 cm³/mol. The molecular formula is C26H38N4O3S2. The number of aromatic carboxylic acids is 1. The van der Waals surface area contributed by atoms with Gasteiger partial charge in [-0.3, -0.25) is 4.79 Å². The summed E-state index contributed by atoms with van der Waals surface area (Å²) in [5, 5.41) is 19.6. The molecule has 0 bridgehead atoms. The van der Waals surface area contributed by atoms with Gasteiger partial charge in [-0.15, -0.1) is 21.5 Å². The van der Waals surface area contributed by atoms with Crippen molar-refractivity contribution in [3.63, 3.8) is 0 Å². The number of aryl methyl sites for hydroxylation is 1. The van der Waals surface area contributed by atoms with E-state index in [-0.39, 0.29) is 23.3 Å². The van der Waals surface area contributed by atoms with Crippen molar-refractivity contribution >= 4 is 40.7 Å². The summed E-state index contributed by atoms with van der Waals surface area (Å²) in [5.41, 5.74) is 0.437. The number of thioether (sulfide) groups is 1. The molecule has 4 rings (SSSR count). The van der Waals surface area contributed by atoms with Gasteiger partial charge in [-0.2, -0.15) is 0 Å². The fraction of sp³-hybridized carbons (Fsp3) is 0.692. The molecule has 2 aliphatic rings. The van der Waals surface area contributed by atoms with Crippen molar-refractivity contribution in [1.29, 1.82) is 0 Å². The Kier molecular flexibility index (Phi) is 7.95. The minimum Gasteiger partial charge on any atom is -0.477 e. The SMILES string of the molecule is Cn1cnnc1S[C@H]1CC[C@H](N(c2cc(C(C)(C)C)sc2C(=O)O)C(=O)[C@H]2CC[C@H](C)CC2)CC1. The minimum atomic E-state index is -0.943. The number of hydrogen-bond acceptors (Lipinski definition) is 6. The molecule has 0 atom stereocenters. The van der Waals surface area contributed by atoms with Crippen LogP contribution in [0.2, 0.25) is 0 Å². The van der Waals surface area contributed by atoms with Gasteiger partial charge in [0.1, 0.15) is 11.2 Å². The van der Waals surface area contributed by atoms with Gasteiger partial charge >= 0.3 is 5.97 Å². The third kappa shape index (κ3) is 5.93. The number of rotatable bonds is 6. The fourth-order valence-corrected chi connectivity index (χ4v) is 7.39. The zero-order chi connectivity index (χ0) is 25.3. The lowest BCUT2D eigenvalue weighted by atomic mass is 9.81. The number of nitrogens with zero attached hydrogens (tertiary/aromatic N) is 4. The second-order valence-corrected chi connectivity index (χ2v) is 13.6. The second kappa shape index (κ2) is 10.6. The summed E-state index contributed by atoms with van der Waals surface area (Å²) in [7, 11) is 1.95. The highest BCUT2D eigenvalue weighted by atomic mass is 32.2. The second-order valence-electron chi connectivity index (χ2n) is 11.3. The lowest BCUT2D eigenvalue weighted by molar-refractivity contribution is -0.124. The maximum atomic E-state index is 14.0. The van der Waals surface area contributed by atoms with Crippen LogP contribution in [0.4, 0.5) is 5.69 Å². The van der Waals surface area contributed by atoms with Gasteiger partial charge in [0, 0.05) is 29.1 Å². The van der Waals surface area contributed by atoms with Crippen LogP contribution in [-0.2, 0) is 17.3 Å². The molecule has 2 aliphatic carbocycles. The number of thiophene rings is 1. The Morgan fingerprint density at radius 2 is 1.77 bits per heavy atom. The van der Waals surface area contributed by atoms with E-state index < -0.39 is 5.97 Å². The van der Waals surface area contributed by atoms with Gasteiger partial charge in [-0.25, -0.2) is 4.79 Å². The summed E-state index contributed by atoms with van der Waals surface area (Å²) in [6.07, 6.45) is 9.30. The molecule has 35 heavy (non-hydrogen) atoms. The molecule has 1 N–H and O–H groups in total. The third-order valence-electron chi connectivity index (χ3n) is 7.46. The van der Waals surface area contributed by atoms with E-state index in [9.17, 15) is 14.7 Å². The molecule has 0 saturated heterocycles. The maximum Gasteiger partial charge on any atom is 0.348 e. The number of aromatic nitrogens is 3. The first-order valence-corrected chi connectivity index (χ1v) is 14.5. The van der Waals surface area contributed by atoms with Gasteiger partial charge in [0.15, 0.2) is 5.16 Å². The predicted octanol–water partition coefficient (Wildman–Crippen LogP) is 6.14. The van der Waals surface area contributed by atoms with Crippen molar-refractivity contribution in [2.45, 2.75) is 101 Å². The van der Waals surface area contributed by atoms with Crippen LogP contribution in [0, 0.1) is 11.8 Å². The molecule has 2 fully saturated rings. The highest BCUT2D eigenvalue weighted by Crippen LogP contribution is 2.43. The molecule has 0 spiro atoms. The molecule has 0 aromatic carbocycles. The topological polar surface area (TPSA) is 88.3 Å². The summed E-state index contributed by atoms with van der Waals surface area (Å²) < 4.78 is 1.94. The average Bonchev–Trinajstić information content (AvgIpc) is 3.42. The number of anilines is 1. The molecule has 0 radical (unpaired) electrons. The van der Waals surface area contributed by atoms with E-state index >= 15 is 0 Å². The van der Waals surface area contributed by atoms with Crippen LogP contribution < -0.4 is 4.90 Å². The van der Waals surface area contributed by atoms with E-state index in [0.29, 0.717) is 21.7 Å². The van der Waals surface area contributed by atoms with E-state index in [2.05, 4.69) is 37.9 Å². The number of carbonyl (C=O) groups excluding carboxylic acids is 1. The Balaban J connectivity index is 1.61. The molecular weight excluding hydrogens is 480 g/mol. The smallest absolute Gasteiger partial charge is 0.348 e. The van der Waals surface area contributed by atoms with Crippen LogP contribution in [0.15, 0.2) is 17.6 Å². The molecule has 192 valence electrons. The van der Waals surface area contributed by atoms with Crippen molar-refractivity contribution in [1.82, 2.24) is 14.8 Å². The van der Waals surface area contributed by atoms with E-state index in [1.54, 1.807) is 18.1 Å². The van der Waals surface area contributed by atoms with Crippen LogP contribution in [-0.4, -0.2) is 43.0 Å². The monoisotopic (exact) mass is 518 g/mol. The zero-order valence-corrected chi connectivity index (χ0v) is 23.1. The Labute approximate surface area is 216 Å². The van der Waals surface area contributed by atoms with E-state index in [4.69, 9.17) is 0 Å². The standard InChI is InChI=1S/C26H38N4O3S2/c1-16-6-8-17(9-7-16)23(31)30(20-14-21(26(2,3)4)35-22(20)24(32)33)18-10-12-19(13-11-18)34-25-28-27-15-29(25)5/h14-19H,6-13H2,1-5H3,(H,32,33)/t16-,17-,18-,19-. The van der Waals surface area contributed by atoms with Gasteiger partial charge < -0.3 is 14.6 Å². The molecule has 1 amide bonds. The van der Waals surface area contributed by atoms with Crippen molar-refractivity contribution in [2.24, 2.45) is 18.9 Å². The fourth-order valence-electron chi connectivity index (χ4n) is 5.23. The summed E-state index contributed by atoms with van der Waals surface area (Å²) in [4.78, 5) is 29.6. The van der Waals surface area contributed by atoms with Gasteiger partial charge in [0.2, 0.25) is 5.91 Å². The molecule has 2 aromatic heterocycles. The Bertz CT molecular complexity index is 1040. The van der Waals surface area contributed by atoms with Crippen molar-refractivity contribution in [2.75, 3.05) is 4.90 Å². The van der Waals surface area contributed by atoms with Crippen molar-refractivity contribution < 1.29 is 14.7 Å². The first-order chi connectivity index (χ1) is 16.5. The number of amides is 1. The summed E-state index contributed by atoms with van der Waals surface area (Å²) in [5.74, 6) is -0.176. The minimum absolute atomic E-state index is 0.0171. The highest BCUT2D eigenvalue weighted by Gasteiger charge is 2.38. The van der Waals surface area contributed by atoms with Gasteiger partial charge in [-0.05, 0) is 68.8 Å². The van der Waals surface area contributed by atoms with Crippen LogP contribution in [0.25, 0.3) is 0 Å². The summed E-state index contributed by atoms with van der Waals surface area (Å²) in [6, 6.07) is 2.01. The molecule has 2 heterocycles. The number of carbonyl (C=O) groups is 2. The van der Waals surface area contributed by atoms with Crippen LogP contribution in [0.1, 0.15) is 93.6 Å². The van der Waals surface area contributed by atoms with Gasteiger partial charge in [0.25, 0.3) is 0 Å². The molecule has 7 nitrogen and oxygen atoms in total. The quantitative estimate of drug-likeness (QED) is 0.494. The zero-order valence-electron chi connectivity index (χ0n) is 21.5. The Morgan fingerprint density at radius 1 is 1.11 bits per heavy atom. The lowest BCUT2D eigenvalue weighted by Crippen LogP contribution is -2.46. The number of hydrogen-bond donors (Lipinski definition) is 1. The number of carboxylic acids is 1. The Hall–Kier alpha value is -1.87. The first kappa shape index (κ1) is 26.2. The average molecular weight is 519 g/mol. The van der Waals surface area contributed by atoms with Crippen molar-refractivity contribution in [3.8, 4) is 0 Å². The van der Waals surface area contributed by atoms with Crippen LogP contribution >= 0.6 is 23.1 Å². The molecule has 2 saturated carbocycles. The van der Waals surface area contributed by atoms with Crippen LogP contribution in [0.3, 0.4) is 0 Å². The third-order valence-corrected chi connectivity index (χ3v) is 10.4. The summed E-state index contributed by atoms with van der Waals surface area (Å²) >= 11 is 3.07. The largest absolute Gasteiger partial charge is 0.477 e. The lowest BCUT2D eigenvalue weighted by Gasteiger charge is -2.39.